The first-order chi connectivity index (χ1) is 10.8. The van der Waals surface area contributed by atoms with Crippen LogP contribution in [0.15, 0.2) is 18.5 Å². The molecule has 1 aromatic heterocycles. The number of piperidine rings is 1. The van der Waals surface area contributed by atoms with Gasteiger partial charge in [-0.2, -0.15) is 0 Å². The second-order valence-corrected chi connectivity index (χ2v) is 6.73. The summed E-state index contributed by atoms with van der Waals surface area (Å²) in [5, 5.41) is 3.40. The Bertz CT molecular complexity index is 545. The molecule has 1 aromatic rings. The van der Waals surface area contributed by atoms with E-state index in [2.05, 4.69) is 25.1 Å². The van der Waals surface area contributed by atoms with Crippen LogP contribution in [0.5, 0.6) is 0 Å². The Morgan fingerprint density at radius 1 is 1.08 bits per heavy atom. The van der Waals surface area contributed by atoms with Gasteiger partial charge in [0.15, 0.2) is 0 Å². The van der Waals surface area contributed by atoms with Gasteiger partial charge in [0, 0.05) is 44.5 Å². The molecule has 134 valence electrons. The highest BCUT2D eigenvalue weighted by Gasteiger charge is 2.58. The van der Waals surface area contributed by atoms with Gasteiger partial charge in [-0.15, -0.1) is 24.8 Å². The molecule has 1 atom stereocenters. The quantitative estimate of drug-likeness (QED) is 0.847. The largest absolute Gasteiger partial charge is 0.339 e. The van der Waals surface area contributed by atoms with Crippen molar-refractivity contribution in [2.75, 3.05) is 44.2 Å². The van der Waals surface area contributed by atoms with Gasteiger partial charge < -0.3 is 15.1 Å². The first kappa shape index (κ1) is 19.2. The van der Waals surface area contributed by atoms with Gasteiger partial charge in [0.2, 0.25) is 11.9 Å². The minimum Gasteiger partial charge on any atom is -0.339 e. The molecule has 24 heavy (non-hydrogen) atoms. The maximum absolute atomic E-state index is 12.7. The molecule has 3 heterocycles. The van der Waals surface area contributed by atoms with E-state index >= 15 is 0 Å². The summed E-state index contributed by atoms with van der Waals surface area (Å²) >= 11 is 0. The molecule has 1 amide bonds. The third-order valence-corrected chi connectivity index (χ3v) is 5.51. The summed E-state index contributed by atoms with van der Waals surface area (Å²) in [4.78, 5) is 25.5. The number of hydrogen-bond acceptors (Lipinski definition) is 5. The molecule has 8 heteroatoms. The van der Waals surface area contributed by atoms with E-state index < -0.39 is 0 Å². The van der Waals surface area contributed by atoms with Crippen molar-refractivity contribution in [2.45, 2.75) is 19.3 Å². The van der Waals surface area contributed by atoms with Crippen molar-refractivity contribution < 1.29 is 4.79 Å². The van der Waals surface area contributed by atoms with E-state index in [-0.39, 0.29) is 30.7 Å². The summed E-state index contributed by atoms with van der Waals surface area (Å²) in [5.74, 6) is 1.44. The fourth-order valence-electron chi connectivity index (χ4n) is 3.98. The molecule has 1 spiro atoms. The van der Waals surface area contributed by atoms with Crippen molar-refractivity contribution >= 4 is 36.7 Å². The van der Waals surface area contributed by atoms with E-state index in [1.165, 1.54) is 12.8 Å². The number of nitrogens with one attached hydrogen (secondary N) is 1. The van der Waals surface area contributed by atoms with E-state index in [1.54, 1.807) is 12.4 Å². The van der Waals surface area contributed by atoms with Crippen LogP contribution in [-0.4, -0.2) is 60.0 Å². The van der Waals surface area contributed by atoms with Gasteiger partial charge in [0.1, 0.15) is 0 Å². The lowest BCUT2D eigenvalue weighted by Crippen LogP contribution is -2.50. The molecule has 0 aromatic carbocycles. The van der Waals surface area contributed by atoms with Crippen LogP contribution < -0.4 is 10.2 Å². The Hall–Kier alpha value is -1.11. The van der Waals surface area contributed by atoms with Crippen LogP contribution in [0.4, 0.5) is 5.95 Å². The van der Waals surface area contributed by atoms with Crippen molar-refractivity contribution in [2.24, 2.45) is 11.3 Å². The molecule has 1 saturated carbocycles. The Labute approximate surface area is 155 Å². The van der Waals surface area contributed by atoms with E-state index in [0.29, 0.717) is 11.3 Å². The highest BCUT2D eigenvalue weighted by molar-refractivity contribution is 5.85. The lowest BCUT2D eigenvalue weighted by Gasteiger charge is -2.35. The van der Waals surface area contributed by atoms with Gasteiger partial charge in [0.25, 0.3) is 0 Å². The fourth-order valence-corrected chi connectivity index (χ4v) is 3.98. The number of aromatic nitrogens is 2. The summed E-state index contributed by atoms with van der Waals surface area (Å²) in [6.45, 7) is 5.39. The average Bonchev–Trinajstić information content (AvgIpc) is 3.29. The van der Waals surface area contributed by atoms with E-state index in [1.807, 2.05) is 6.07 Å². The first-order valence-corrected chi connectivity index (χ1v) is 8.30. The van der Waals surface area contributed by atoms with Crippen molar-refractivity contribution in [3.8, 4) is 0 Å². The zero-order valence-electron chi connectivity index (χ0n) is 13.7. The van der Waals surface area contributed by atoms with Crippen molar-refractivity contribution in [3.05, 3.63) is 18.5 Å². The highest BCUT2D eigenvalue weighted by Crippen LogP contribution is 2.59. The Morgan fingerprint density at radius 3 is 2.33 bits per heavy atom. The minimum absolute atomic E-state index is 0. The molecule has 0 bridgehead atoms. The zero-order chi connectivity index (χ0) is 15.0. The smallest absolute Gasteiger partial charge is 0.226 e. The number of nitrogens with zero attached hydrogens (tertiary/aromatic N) is 4. The van der Waals surface area contributed by atoms with Crippen molar-refractivity contribution in [1.82, 2.24) is 20.2 Å². The zero-order valence-corrected chi connectivity index (χ0v) is 15.3. The van der Waals surface area contributed by atoms with Crippen LogP contribution in [0.1, 0.15) is 19.3 Å². The van der Waals surface area contributed by atoms with Gasteiger partial charge in [-0.05, 0) is 43.8 Å². The molecule has 4 rings (SSSR count). The Kier molecular flexibility index (Phi) is 6.28. The first-order valence-electron chi connectivity index (χ1n) is 8.30. The van der Waals surface area contributed by atoms with Crippen LogP contribution in [0.3, 0.4) is 0 Å². The highest BCUT2D eigenvalue weighted by atomic mass is 35.5. The van der Waals surface area contributed by atoms with Crippen molar-refractivity contribution in [3.63, 3.8) is 0 Å². The van der Waals surface area contributed by atoms with E-state index in [0.717, 1.165) is 51.6 Å². The standard InChI is InChI=1S/C16H23N5O.2ClH/c22-14(13-12-16(13)2-6-17-7-3-16)20-8-10-21(11-9-20)15-18-4-1-5-19-15;;/h1,4-5,13,17H,2-3,6-12H2;2*1H. The molecule has 0 radical (unpaired) electrons. The minimum atomic E-state index is 0. The monoisotopic (exact) mass is 373 g/mol. The van der Waals surface area contributed by atoms with Crippen LogP contribution >= 0.6 is 24.8 Å². The molecular formula is C16H25Cl2N5O. The topological polar surface area (TPSA) is 61.4 Å². The number of rotatable bonds is 2. The van der Waals surface area contributed by atoms with Gasteiger partial charge in [-0.3, -0.25) is 4.79 Å². The third-order valence-electron chi connectivity index (χ3n) is 5.51. The molecular weight excluding hydrogens is 349 g/mol. The molecule has 1 aliphatic carbocycles. The molecule has 3 fully saturated rings. The summed E-state index contributed by atoms with van der Waals surface area (Å²) < 4.78 is 0. The maximum atomic E-state index is 12.7. The van der Waals surface area contributed by atoms with Crippen LogP contribution in [-0.2, 0) is 4.79 Å². The number of amides is 1. The van der Waals surface area contributed by atoms with Crippen LogP contribution in [0, 0.1) is 11.3 Å². The SMILES string of the molecule is Cl.Cl.O=C(C1CC12CCNCC2)N1CCN(c2ncccn2)CC1. The molecule has 2 saturated heterocycles. The Morgan fingerprint density at radius 2 is 1.71 bits per heavy atom. The number of piperazine rings is 1. The Balaban J connectivity index is 0.00000104. The maximum Gasteiger partial charge on any atom is 0.226 e. The van der Waals surface area contributed by atoms with Gasteiger partial charge in [0.05, 0.1) is 0 Å². The lowest BCUT2D eigenvalue weighted by molar-refractivity contribution is -0.133. The van der Waals surface area contributed by atoms with Crippen LogP contribution in [0.25, 0.3) is 0 Å². The predicted octanol–water partition coefficient (Wildman–Crippen LogP) is 1.36. The predicted molar refractivity (Wildman–Crippen MR) is 98.0 cm³/mol. The molecule has 2 aliphatic heterocycles. The summed E-state index contributed by atoms with van der Waals surface area (Å²) in [7, 11) is 0. The normalized spacial score (nSPS) is 24.8. The summed E-state index contributed by atoms with van der Waals surface area (Å²) in [5.41, 5.74) is 0.335. The molecule has 6 nitrogen and oxygen atoms in total. The van der Waals surface area contributed by atoms with Gasteiger partial charge >= 0.3 is 0 Å². The van der Waals surface area contributed by atoms with Crippen molar-refractivity contribution in [1.29, 1.82) is 0 Å². The molecule has 3 aliphatic rings. The second-order valence-electron chi connectivity index (χ2n) is 6.73. The number of carbonyl (C=O) groups excluding carboxylic acids is 1. The van der Waals surface area contributed by atoms with E-state index in [9.17, 15) is 4.79 Å². The summed E-state index contributed by atoms with van der Waals surface area (Å²) in [6, 6.07) is 1.83. The second kappa shape index (κ2) is 7.85. The number of anilines is 1. The number of carbonyl (C=O) groups is 1. The van der Waals surface area contributed by atoms with E-state index in [4.69, 9.17) is 0 Å². The van der Waals surface area contributed by atoms with Crippen LogP contribution in [0.2, 0.25) is 0 Å². The number of halogens is 2. The third kappa shape index (κ3) is 3.60. The number of hydrogen-bond donors (Lipinski definition) is 1. The lowest BCUT2D eigenvalue weighted by atomic mass is 9.91. The summed E-state index contributed by atoms with van der Waals surface area (Å²) in [6.07, 6.45) is 6.98. The molecule has 1 N–H and O–H groups in total. The van der Waals surface area contributed by atoms with Gasteiger partial charge in [-0.1, -0.05) is 0 Å². The molecule has 1 unspecified atom stereocenters. The van der Waals surface area contributed by atoms with Gasteiger partial charge in [-0.25, -0.2) is 9.97 Å². The fraction of sp³-hybridized carbons (Fsp3) is 0.688. The average molecular weight is 374 g/mol.